The van der Waals surface area contributed by atoms with Crippen molar-refractivity contribution in [2.24, 2.45) is 0 Å². The molecule has 2 aliphatic rings. The zero-order valence-electron chi connectivity index (χ0n) is 19.8. The number of aryl methyl sites for hydroxylation is 1. The summed E-state index contributed by atoms with van der Waals surface area (Å²) < 4.78 is 22.4. The van der Waals surface area contributed by atoms with Crippen LogP contribution in [-0.4, -0.2) is 25.2 Å². The first-order valence-electron chi connectivity index (χ1n) is 11.4. The summed E-state index contributed by atoms with van der Waals surface area (Å²) in [6.45, 7) is 0.501. The van der Waals surface area contributed by atoms with Crippen molar-refractivity contribution in [1.29, 1.82) is 0 Å². The second-order valence-corrected chi connectivity index (χ2v) is 8.79. The molecule has 2 aliphatic heterocycles. The van der Waals surface area contributed by atoms with Gasteiger partial charge in [-0.3, -0.25) is 4.79 Å². The Bertz CT molecular complexity index is 1280. The van der Waals surface area contributed by atoms with Gasteiger partial charge in [0, 0.05) is 35.5 Å². The summed E-state index contributed by atoms with van der Waals surface area (Å²) >= 11 is 6.34. The van der Waals surface area contributed by atoms with E-state index in [1.165, 1.54) is 0 Å². The number of carbonyl (C=O) groups excluding carboxylic acids is 2. The molecule has 0 saturated heterocycles. The van der Waals surface area contributed by atoms with Gasteiger partial charge in [-0.15, -0.1) is 0 Å². The van der Waals surface area contributed by atoms with E-state index >= 15 is 0 Å². The first-order chi connectivity index (χ1) is 17.0. The van der Waals surface area contributed by atoms with Crippen molar-refractivity contribution in [2.45, 2.75) is 31.6 Å². The molecule has 3 aromatic rings. The number of ether oxygens (including phenoxy) is 4. The van der Waals surface area contributed by atoms with Crippen molar-refractivity contribution >= 4 is 23.4 Å². The number of carboxylic acid groups (broad SMARTS) is 1. The molecular formula is C27H22ClNaO7. The van der Waals surface area contributed by atoms with E-state index in [0.717, 1.165) is 23.5 Å². The summed E-state index contributed by atoms with van der Waals surface area (Å²) in [6, 6.07) is 15.7. The van der Waals surface area contributed by atoms with E-state index in [0.29, 0.717) is 47.6 Å². The van der Waals surface area contributed by atoms with Gasteiger partial charge in [-0.25, -0.2) is 0 Å². The summed E-state index contributed by atoms with van der Waals surface area (Å²) in [6.07, 6.45) is 2.14. The van der Waals surface area contributed by atoms with Crippen molar-refractivity contribution in [3.8, 4) is 28.7 Å². The molecule has 5 rings (SSSR count). The van der Waals surface area contributed by atoms with Gasteiger partial charge in [-0.1, -0.05) is 23.7 Å². The quantitative estimate of drug-likeness (QED) is 0.332. The fourth-order valence-corrected chi connectivity index (χ4v) is 4.53. The number of hydrogen-bond acceptors (Lipinski definition) is 7. The van der Waals surface area contributed by atoms with Gasteiger partial charge >= 0.3 is 29.6 Å². The number of benzene rings is 3. The first-order valence-corrected chi connectivity index (χ1v) is 11.7. The maximum Gasteiger partial charge on any atom is 1.00 e. The Morgan fingerprint density at radius 3 is 2.61 bits per heavy atom. The summed E-state index contributed by atoms with van der Waals surface area (Å²) in [4.78, 5) is 24.0. The number of carboxylic acids is 1. The molecule has 9 heteroatoms. The topological polar surface area (TPSA) is 94.1 Å². The number of halogens is 1. The van der Waals surface area contributed by atoms with Crippen LogP contribution in [0.25, 0.3) is 0 Å². The molecule has 0 amide bonds. The van der Waals surface area contributed by atoms with E-state index in [4.69, 9.17) is 30.5 Å². The van der Waals surface area contributed by atoms with Crippen LogP contribution < -0.4 is 53.6 Å². The van der Waals surface area contributed by atoms with Crippen molar-refractivity contribution in [3.05, 3.63) is 76.3 Å². The predicted molar refractivity (Wildman–Crippen MR) is 126 cm³/mol. The fraction of sp³-hybridized carbons (Fsp3) is 0.259. The van der Waals surface area contributed by atoms with E-state index in [-0.39, 0.29) is 53.8 Å². The molecule has 1 unspecified atom stereocenters. The largest absolute Gasteiger partial charge is 1.00 e. The molecule has 3 aromatic carbocycles. The molecule has 180 valence electrons. The monoisotopic (exact) mass is 516 g/mol. The fourth-order valence-electron chi connectivity index (χ4n) is 4.32. The number of hydrogen-bond donors (Lipinski definition) is 0. The Morgan fingerprint density at radius 1 is 1.03 bits per heavy atom. The minimum atomic E-state index is -1.16. The summed E-state index contributed by atoms with van der Waals surface area (Å²) in [5.41, 5.74) is 2.11. The summed E-state index contributed by atoms with van der Waals surface area (Å²) in [5.74, 6) is 0.871. The van der Waals surface area contributed by atoms with Gasteiger partial charge < -0.3 is 28.8 Å². The van der Waals surface area contributed by atoms with Gasteiger partial charge in [0.05, 0.1) is 11.6 Å². The number of Topliss-reactive ketones (excluding diaryl/α,β-unsaturated/α-hetero) is 1. The number of carbonyl (C=O) groups is 2. The minimum absolute atomic E-state index is 0. The first kappa shape index (κ1) is 26.4. The molecule has 0 radical (unpaired) electrons. The molecule has 1 atom stereocenters. The molecule has 7 nitrogen and oxygen atoms in total. The molecule has 36 heavy (non-hydrogen) atoms. The molecule has 0 N–H and O–H groups in total. The van der Waals surface area contributed by atoms with Gasteiger partial charge in [-0.2, -0.15) is 0 Å². The van der Waals surface area contributed by atoms with Crippen molar-refractivity contribution in [3.63, 3.8) is 0 Å². The van der Waals surface area contributed by atoms with E-state index in [2.05, 4.69) is 0 Å². The van der Waals surface area contributed by atoms with Crippen LogP contribution in [0.5, 0.6) is 28.7 Å². The van der Waals surface area contributed by atoms with Crippen LogP contribution in [-0.2, 0) is 11.2 Å². The Kier molecular flexibility index (Phi) is 8.46. The second-order valence-electron chi connectivity index (χ2n) is 8.38. The van der Waals surface area contributed by atoms with Crippen molar-refractivity contribution in [1.82, 2.24) is 0 Å². The number of aliphatic carboxylic acids is 1. The number of fused-ring (bicyclic) bond motifs is 2. The van der Waals surface area contributed by atoms with Crippen LogP contribution in [0.1, 0.15) is 46.7 Å². The van der Waals surface area contributed by atoms with Crippen LogP contribution in [0, 0.1) is 0 Å². The standard InChI is InChI=1S/C27H23ClO7.Na/c28-21-13-20-19(27(30)31)11-12-32-24(20)14-25(21)35-18-9-7-16(8-10-18)22(29)5-1-3-17-4-2-6-23-26(17)34-15-33-23;/h2,4,6-10,13-14,19H,1,3,5,11-12,15H2,(H,30,31);/q;+1/p-1. The van der Waals surface area contributed by atoms with E-state index in [9.17, 15) is 14.7 Å². The van der Waals surface area contributed by atoms with Crippen molar-refractivity contribution in [2.75, 3.05) is 13.4 Å². The molecule has 2 heterocycles. The van der Waals surface area contributed by atoms with E-state index < -0.39 is 11.9 Å². The Labute approximate surface area is 235 Å². The second kappa shape index (κ2) is 11.6. The Balaban J connectivity index is 0.00000304. The van der Waals surface area contributed by atoms with Gasteiger partial charge in [0.15, 0.2) is 17.3 Å². The molecule has 0 spiro atoms. The molecule has 0 aromatic heterocycles. The number of para-hydroxylation sites is 1. The zero-order chi connectivity index (χ0) is 24.4. The molecule has 0 aliphatic carbocycles. The summed E-state index contributed by atoms with van der Waals surface area (Å²) in [5, 5.41) is 11.7. The smallest absolute Gasteiger partial charge is 0.549 e. The minimum Gasteiger partial charge on any atom is -0.549 e. The number of ketones is 1. The van der Waals surface area contributed by atoms with Gasteiger partial charge in [0.25, 0.3) is 0 Å². The SMILES string of the molecule is O=C(CCCc1cccc2c1OCO2)c1ccc(Oc2cc3c(cc2Cl)C(C(=O)[O-])CCO3)cc1.[Na+]. The third-order valence-electron chi connectivity index (χ3n) is 6.12. The molecule has 0 fully saturated rings. The van der Waals surface area contributed by atoms with Crippen LogP contribution in [0.3, 0.4) is 0 Å². The zero-order valence-corrected chi connectivity index (χ0v) is 22.5. The van der Waals surface area contributed by atoms with Gasteiger partial charge in [0.1, 0.15) is 17.2 Å². The predicted octanol–water partition coefficient (Wildman–Crippen LogP) is 1.69. The van der Waals surface area contributed by atoms with E-state index in [1.54, 1.807) is 36.4 Å². The normalized spacial score (nSPS) is 15.3. The molecular weight excluding hydrogens is 495 g/mol. The van der Waals surface area contributed by atoms with Crippen molar-refractivity contribution < 1.29 is 63.2 Å². The van der Waals surface area contributed by atoms with Gasteiger partial charge in [0.2, 0.25) is 6.79 Å². The summed E-state index contributed by atoms with van der Waals surface area (Å²) in [7, 11) is 0. The Hall–Kier alpha value is -2.71. The molecule has 0 saturated carbocycles. The van der Waals surface area contributed by atoms with Crippen LogP contribution in [0.4, 0.5) is 0 Å². The third-order valence-corrected chi connectivity index (χ3v) is 6.42. The van der Waals surface area contributed by atoms with E-state index in [1.807, 2.05) is 18.2 Å². The van der Waals surface area contributed by atoms with Gasteiger partial charge in [-0.05, 0) is 61.2 Å². The average molecular weight is 517 g/mol. The number of rotatable bonds is 8. The van der Waals surface area contributed by atoms with Crippen LogP contribution >= 0.6 is 11.6 Å². The molecule has 0 bridgehead atoms. The Morgan fingerprint density at radius 2 is 1.83 bits per heavy atom. The van der Waals surface area contributed by atoms with Crippen LogP contribution in [0.15, 0.2) is 54.6 Å². The average Bonchev–Trinajstić information content (AvgIpc) is 3.34. The maximum absolute atomic E-state index is 12.7. The third kappa shape index (κ3) is 5.65. The maximum atomic E-state index is 12.7. The van der Waals surface area contributed by atoms with Crippen LogP contribution in [0.2, 0.25) is 5.02 Å².